The van der Waals surface area contributed by atoms with E-state index in [4.69, 9.17) is 0 Å². The fraction of sp³-hybridized carbons (Fsp3) is 0.381. The zero-order valence-corrected chi connectivity index (χ0v) is 15.8. The van der Waals surface area contributed by atoms with Gasteiger partial charge in [-0.05, 0) is 38.2 Å². The lowest BCUT2D eigenvalue weighted by molar-refractivity contribution is 0.0127. The number of hydrogen-bond donors (Lipinski definition) is 2. The molecule has 1 aromatic heterocycles. The van der Waals surface area contributed by atoms with Crippen LogP contribution in [0.5, 0.6) is 0 Å². The highest BCUT2D eigenvalue weighted by atomic mass is 16.3. The van der Waals surface area contributed by atoms with Gasteiger partial charge in [-0.15, -0.1) is 18.3 Å². The molecule has 2 N–H and O–H groups in total. The molecule has 0 fully saturated rings. The summed E-state index contributed by atoms with van der Waals surface area (Å²) in [4.78, 5) is 12.4. The number of aromatic nitrogens is 3. The van der Waals surface area contributed by atoms with Crippen LogP contribution in [0.3, 0.4) is 0 Å². The van der Waals surface area contributed by atoms with Crippen molar-refractivity contribution in [3.63, 3.8) is 0 Å². The number of nitrogens with one attached hydrogen (secondary N) is 1. The summed E-state index contributed by atoms with van der Waals surface area (Å²) < 4.78 is 1.67. The van der Waals surface area contributed by atoms with Crippen molar-refractivity contribution >= 4 is 5.91 Å². The van der Waals surface area contributed by atoms with Gasteiger partial charge in [0.1, 0.15) is 0 Å². The summed E-state index contributed by atoms with van der Waals surface area (Å²) in [5.41, 5.74) is 0.388. The van der Waals surface area contributed by atoms with Crippen LogP contribution in [0.2, 0.25) is 0 Å². The van der Waals surface area contributed by atoms with Crippen LogP contribution in [0.15, 0.2) is 61.8 Å². The zero-order valence-electron chi connectivity index (χ0n) is 15.8. The van der Waals surface area contributed by atoms with E-state index in [1.165, 1.54) is 5.56 Å². The van der Waals surface area contributed by atoms with E-state index >= 15 is 0 Å². The van der Waals surface area contributed by atoms with Crippen LogP contribution >= 0.6 is 0 Å². The highest BCUT2D eigenvalue weighted by molar-refractivity contribution is 5.92. The van der Waals surface area contributed by atoms with Gasteiger partial charge in [-0.1, -0.05) is 47.7 Å². The Labute approximate surface area is 160 Å². The Kier molecular flexibility index (Phi) is 7.49. The topological polar surface area (TPSA) is 80.0 Å². The third-order valence-electron chi connectivity index (χ3n) is 4.62. The average molecular weight is 368 g/mol. The van der Waals surface area contributed by atoms with Crippen molar-refractivity contribution in [2.45, 2.75) is 50.8 Å². The van der Waals surface area contributed by atoms with Gasteiger partial charge in [0.15, 0.2) is 5.69 Å². The lowest BCUT2D eigenvalue weighted by Crippen LogP contribution is -2.50. The summed E-state index contributed by atoms with van der Waals surface area (Å²) in [6.45, 7) is 9.78. The summed E-state index contributed by atoms with van der Waals surface area (Å²) >= 11 is 0. The number of hydrogen-bond acceptors (Lipinski definition) is 4. The van der Waals surface area contributed by atoms with Gasteiger partial charge in [-0.3, -0.25) is 9.48 Å². The maximum atomic E-state index is 12.4. The number of aliphatic hydroxyl groups is 1. The maximum Gasteiger partial charge on any atom is 0.273 e. The molecule has 1 atom stereocenters. The monoisotopic (exact) mass is 368 g/mol. The lowest BCUT2D eigenvalue weighted by atomic mass is 9.88. The van der Waals surface area contributed by atoms with Crippen LogP contribution in [-0.4, -0.2) is 37.7 Å². The first kappa shape index (κ1) is 20.6. The van der Waals surface area contributed by atoms with E-state index in [0.29, 0.717) is 19.4 Å². The molecule has 0 unspecified atom stereocenters. The first-order chi connectivity index (χ1) is 13.0. The molecule has 2 rings (SSSR count). The standard InChI is InChI=1S/C21H28N4O2/c1-4-13-21(27,14-5-2)17(3)22-20(26)19-16-25(24-23-19)15-9-12-18-10-7-6-8-11-18/h4-8,10-11,16-17,27H,1-2,9,12-15H2,3H3,(H,22,26)/t17-/m1/s1. The Hall–Kier alpha value is -2.73. The molecular formula is C21H28N4O2. The molecule has 0 saturated heterocycles. The third-order valence-corrected chi connectivity index (χ3v) is 4.62. The van der Waals surface area contributed by atoms with E-state index in [1.54, 1.807) is 30.0 Å². The molecule has 1 heterocycles. The minimum atomic E-state index is -1.12. The average Bonchev–Trinajstić information content (AvgIpc) is 3.12. The van der Waals surface area contributed by atoms with Gasteiger partial charge in [0.2, 0.25) is 0 Å². The van der Waals surface area contributed by atoms with E-state index in [1.807, 2.05) is 18.2 Å². The van der Waals surface area contributed by atoms with Gasteiger partial charge in [0.05, 0.1) is 17.8 Å². The van der Waals surface area contributed by atoms with Gasteiger partial charge in [-0.25, -0.2) is 0 Å². The van der Waals surface area contributed by atoms with E-state index in [9.17, 15) is 9.90 Å². The van der Waals surface area contributed by atoms with Crippen LogP contribution in [0.4, 0.5) is 0 Å². The Balaban J connectivity index is 1.89. The molecule has 2 aromatic rings. The minimum Gasteiger partial charge on any atom is -0.387 e. The number of amides is 1. The van der Waals surface area contributed by atoms with E-state index in [2.05, 4.69) is 40.9 Å². The molecule has 6 heteroatoms. The van der Waals surface area contributed by atoms with Crippen molar-refractivity contribution in [1.29, 1.82) is 0 Å². The van der Waals surface area contributed by atoms with Gasteiger partial charge in [0, 0.05) is 6.54 Å². The van der Waals surface area contributed by atoms with E-state index in [-0.39, 0.29) is 11.6 Å². The van der Waals surface area contributed by atoms with Crippen LogP contribution in [0.25, 0.3) is 0 Å². The molecule has 6 nitrogen and oxygen atoms in total. The number of carbonyl (C=O) groups excluding carboxylic acids is 1. The van der Waals surface area contributed by atoms with Crippen molar-refractivity contribution in [2.75, 3.05) is 0 Å². The summed E-state index contributed by atoms with van der Waals surface area (Å²) in [5, 5.41) is 21.5. The first-order valence-electron chi connectivity index (χ1n) is 9.17. The van der Waals surface area contributed by atoms with Gasteiger partial charge >= 0.3 is 0 Å². The quantitative estimate of drug-likeness (QED) is 0.598. The highest BCUT2D eigenvalue weighted by Crippen LogP contribution is 2.21. The smallest absolute Gasteiger partial charge is 0.273 e. The van der Waals surface area contributed by atoms with Crippen molar-refractivity contribution < 1.29 is 9.90 Å². The van der Waals surface area contributed by atoms with Gasteiger partial charge < -0.3 is 10.4 Å². The predicted octanol–water partition coefficient (Wildman–Crippen LogP) is 2.91. The summed E-state index contributed by atoms with van der Waals surface area (Å²) in [6, 6.07) is 9.75. The summed E-state index contributed by atoms with van der Waals surface area (Å²) in [6.07, 6.45) is 7.45. The molecule has 0 aliphatic rings. The van der Waals surface area contributed by atoms with E-state index < -0.39 is 11.6 Å². The van der Waals surface area contributed by atoms with Crippen LogP contribution in [0.1, 0.15) is 42.2 Å². The fourth-order valence-corrected chi connectivity index (χ4v) is 2.94. The second-order valence-electron chi connectivity index (χ2n) is 6.74. The predicted molar refractivity (Wildman–Crippen MR) is 106 cm³/mol. The second kappa shape index (κ2) is 9.83. The van der Waals surface area contributed by atoms with Crippen LogP contribution in [0, 0.1) is 0 Å². The van der Waals surface area contributed by atoms with Crippen molar-refractivity contribution in [3.05, 3.63) is 73.1 Å². The molecule has 27 heavy (non-hydrogen) atoms. The van der Waals surface area contributed by atoms with Crippen LogP contribution in [-0.2, 0) is 13.0 Å². The van der Waals surface area contributed by atoms with Crippen molar-refractivity contribution in [3.8, 4) is 0 Å². The molecule has 0 aliphatic heterocycles. The molecular weight excluding hydrogens is 340 g/mol. The normalized spacial score (nSPS) is 12.4. The highest BCUT2D eigenvalue weighted by Gasteiger charge is 2.32. The molecule has 0 radical (unpaired) electrons. The molecule has 144 valence electrons. The number of rotatable bonds is 11. The van der Waals surface area contributed by atoms with Gasteiger partial charge in [-0.2, -0.15) is 0 Å². The minimum absolute atomic E-state index is 0.237. The number of carbonyl (C=O) groups is 1. The maximum absolute atomic E-state index is 12.4. The Bertz CT molecular complexity index is 745. The van der Waals surface area contributed by atoms with Crippen LogP contribution < -0.4 is 5.32 Å². The Morgan fingerprint density at radius 3 is 2.59 bits per heavy atom. The SMILES string of the molecule is C=CCC(O)(CC=C)[C@@H](C)NC(=O)c1cn(CCCc2ccccc2)nn1. The third kappa shape index (κ3) is 5.89. The van der Waals surface area contributed by atoms with Crippen molar-refractivity contribution in [1.82, 2.24) is 20.3 Å². The molecule has 0 saturated carbocycles. The van der Waals surface area contributed by atoms with E-state index in [0.717, 1.165) is 12.8 Å². The molecule has 1 aromatic carbocycles. The number of benzene rings is 1. The largest absolute Gasteiger partial charge is 0.387 e. The zero-order chi connectivity index (χ0) is 19.7. The number of nitrogens with zero attached hydrogens (tertiary/aromatic N) is 3. The number of aryl methyl sites for hydroxylation is 2. The Morgan fingerprint density at radius 1 is 1.30 bits per heavy atom. The molecule has 1 amide bonds. The van der Waals surface area contributed by atoms with Gasteiger partial charge in [0.25, 0.3) is 5.91 Å². The summed E-state index contributed by atoms with van der Waals surface area (Å²) in [5.74, 6) is -0.358. The Morgan fingerprint density at radius 2 is 1.96 bits per heavy atom. The summed E-state index contributed by atoms with van der Waals surface area (Å²) in [7, 11) is 0. The first-order valence-corrected chi connectivity index (χ1v) is 9.17. The van der Waals surface area contributed by atoms with Crippen molar-refractivity contribution in [2.24, 2.45) is 0 Å². The molecule has 0 bridgehead atoms. The molecule has 0 spiro atoms. The fourth-order valence-electron chi connectivity index (χ4n) is 2.94. The molecule has 0 aliphatic carbocycles. The second-order valence-corrected chi connectivity index (χ2v) is 6.74. The lowest BCUT2D eigenvalue weighted by Gasteiger charge is -2.32.